The van der Waals surface area contributed by atoms with Crippen molar-refractivity contribution in [3.05, 3.63) is 0 Å². The summed E-state index contributed by atoms with van der Waals surface area (Å²) in [5.41, 5.74) is 0. The summed E-state index contributed by atoms with van der Waals surface area (Å²) in [6, 6.07) is 0. The molecule has 0 bridgehead atoms. The van der Waals surface area contributed by atoms with E-state index < -0.39 is 0 Å². The molecule has 0 aromatic rings. The molecule has 0 aliphatic heterocycles. The van der Waals surface area contributed by atoms with Crippen molar-refractivity contribution in [1.29, 1.82) is 0 Å². The molecule has 2 N–H and O–H groups in total. The largest absolute Gasteiger partial charge is 0.313 e. The number of hydrogen-bond acceptors (Lipinski definition) is 6. The van der Waals surface area contributed by atoms with E-state index in [2.05, 4.69) is 10.6 Å². The zero-order chi connectivity index (χ0) is 16.6. The van der Waals surface area contributed by atoms with Gasteiger partial charge in [-0.1, -0.05) is 6.92 Å². The summed E-state index contributed by atoms with van der Waals surface area (Å²) in [6.45, 7) is 9.11. The second kappa shape index (κ2) is 17.9. The average Bonchev–Trinajstić information content (AvgIpc) is 2.25. The third kappa shape index (κ3) is 43.6. The Bertz CT molecular complexity index is 266. The highest BCUT2D eigenvalue weighted by Gasteiger charge is 1.91. The highest BCUT2D eigenvalue weighted by Crippen LogP contribution is 1.72. The van der Waals surface area contributed by atoms with Gasteiger partial charge in [-0.15, -0.1) is 0 Å². The van der Waals surface area contributed by atoms with Gasteiger partial charge in [-0.3, -0.25) is 14.4 Å². The summed E-state index contributed by atoms with van der Waals surface area (Å²) in [7, 11) is 5.50. The summed E-state index contributed by atoms with van der Waals surface area (Å²) in [5, 5.41) is 5.62. The molecule has 0 rings (SSSR count). The summed E-state index contributed by atoms with van der Waals surface area (Å²) >= 11 is 0. The Morgan fingerprint density at radius 2 is 1.35 bits per heavy atom. The number of nitrogens with one attached hydrogen (secondary N) is 2. The smallest absolute Gasteiger partial charge is 0.143 e. The first-order valence-electron chi connectivity index (χ1n) is 6.65. The standard InChI is InChI=1S/2C5H11NO.C4H9NO/c1-5(7)4-6(2)3;1-3-6-4-5(2)7;1-4(6)3-5-2/h4H2,1-3H3;6H,3-4H2,1-2H3;5H,3H2,1-2H3. The van der Waals surface area contributed by atoms with Gasteiger partial charge in [-0.2, -0.15) is 0 Å². The predicted octanol–water partition coefficient (Wildman–Crippen LogP) is 0.117. The number of Topliss-reactive ketones (excluding diaryl/α,β-unsaturated/α-hetero) is 3. The fourth-order valence-corrected chi connectivity index (χ4v) is 0.995. The molecule has 0 spiro atoms. The van der Waals surface area contributed by atoms with Crippen LogP contribution in [0.3, 0.4) is 0 Å². The molecule has 0 fully saturated rings. The van der Waals surface area contributed by atoms with Gasteiger partial charge in [0.25, 0.3) is 0 Å². The fourth-order valence-electron chi connectivity index (χ4n) is 0.995. The molecule has 20 heavy (non-hydrogen) atoms. The first kappa shape index (κ1) is 23.9. The SMILES string of the molecule is CC(=O)CN(C)C.CCNCC(C)=O.CNCC(C)=O. The molecule has 0 aromatic heterocycles. The highest BCUT2D eigenvalue weighted by atomic mass is 16.1. The Kier molecular flexibility index (Phi) is 21.4. The minimum absolute atomic E-state index is 0.178. The first-order chi connectivity index (χ1) is 9.17. The molecule has 0 aliphatic carbocycles. The van der Waals surface area contributed by atoms with Gasteiger partial charge in [0.1, 0.15) is 17.3 Å². The molecule has 0 aliphatic rings. The maximum atomic E-state index is 10.2. The maximum absolute atomic E-state index is 10.2. The molecule has 0 amide bonds. The third-order valence-electron chi connectivity index (χ3n) is 1.59. The molecule has 0 atom stereocenters. The van der Waals surface area contributed by atoms with Crippen molar-refractivity contribution in [2.45, 2.75) is 27.7 Å². The first-order valence-corrected chi connectivity index (χ1v) is 6.65. The Hall–Kier alpha value is -1.11. The van der Waals surface area contributed by atoms with E-state index in [0.717, 1.165) is 6.54 Å². The van der Waals surface area contributed by atoms with Crippen LogP contribution in [0, 0.1) is 0 Å². The molecule has 0 saturated carbocycles. The lowest BCUT2D eigenvalue weighted by molar-refractivity contribution is -0.118. The van der Waals surface area contributed by atoms with E-state index in [4.69, 9.17) is 0 Å². The van der Waals surface area contributed by atoms with Gasteiger partial charge in [0.2, 0.25) is 0 Å². The van der Waals surface area contributed by atoms with E-state index in [1.165, 1.54) is 0 Å². The van der Waals surface area contributed by atoms with Crippen LogP contribution in [0.25, 0.3) is 0 Å². The maximum Gasteiger partial charge on any atom is 0.143 e. The van der Waals surface area contributed by atoms with Crippen molar-refractivity contribution in [2.75, 3.05) is 47.3 Å². The summed E-state index contributed by atoms with van der Waals surface area (Å²) in [4.78, 5) is 32.2. The van der Waals surface area contributed by atoms with Crippen molar-refractivity contribution in [3.8, 4) is 0 Å². The second-order valence-electron chi connectivity index (χ2n) is 4.65. The fraction of sp³-hybridized carbons (Fsp3) is 0.786. The Morgan fingerprint density at radius 3 is 1.40 bits per heavy atom. The van der Waals surface area contributed by atoms with E-state index in [-0.39, 0.29) is 17.3 Å². The van der Waals surface area contributed by atoms with Gasteiger partial charge in [0.05, 0.1) is 19.6 Å². The Morgan fingerprint density at radius 1 is 0.900 bits per heavy atom. The number of carbonyl (C=O) groups excluding carboxylic acids is 3. The zero-order valence-electron chi connectivity index (χ0n) is 14.0. The van der Waals surface area contributed by atoms with Gasteiger partial charge >= 0.3 is 0 Å². The molecule has 6 heteroatoms. The number of nitrogens with zero attached hydrogens (tertiary/aromatic N) is 1. The second-order valence-corrected chi connectivity index (χ2v) is 4.65. The average molecular weight is 289 g/mol. The molecule has 0 unspecified atom stereocenters. The molecular weight excluding hydrogens is 258 g/mol. The van der Waals surface area contributed by atoms with Crippen LogP contribution < -0.4 is 10.6 Å². The topological polar surface area (TPSA) is 78.5 Å². The number of hydrogen-bond donors (Lipinski definition) is 2. The van der Waals surface area contributed by atoms with Crippen LogP contribution in [0.1, 0.15) is 27.7 Å². The normalized spacial score (nSPS) is 9.00. The quantitative estimate of drug-likeness (QED) is 0.693. The van der Waals surface area contributed by atoms with Gasteiger partial charge in [-0.25, -0.2) is 0 Å². The highest BCUT2D eigenvalue weighted by molar-refractivity contribution is 5.78. The van der Waals surface area contributed by atoms with Crippen LogP contribution in [0.2, 0.25) is 0 Å². The Balaban J connectivity index is -0.000000218. The number of rotatable bonds is 7. The van der Waals surface area contributed by atoms with Crippen LogP contribution in [-0.4, -0.2) is 69.6 Å². The minimum atomic E-state index is 0.178. The number of carbonyl (C=O) groups is 3. The van der Waals surface area contributed by atoms with Crippen LogP contribution in [0.15, 0.2) is 0 Å². The van der Waals surface area contributed by atoms with Crippen LogP contribution in [-0.2, 0) is 14.4 Å². The molecular formula is C14H31N3O3. The van der Waals surface area contributed by atoms with Crippen molar-refractivity contribution >= 4 is 17.3 Å². The van der Waals surface area contributed by atoms with Crippen molar-refractivity contribution in [2.24, 2.45) is 0 Å². The number of ketones is 3. The molecule has 0 saturated heterocycles. The Labute approximate surface area is 123 Å². The van der Waals surface area contributed by atoms with Crippen LogP contribution in [0.5, 0.6) is 0 Å². The summed E-state index contributed by atoms with van der Waals surface area (Å²) in [5.74, 6) is 0.587. The van der Waals surface area contributed by atoms with Gasteiger partial charge < -0.3 is 15.5 Å². The van der Waals surface area contributed by atoms with Crippen molar-refractivity contribution < 1.29 is 14.4 Å². The predicted molar refractivity (Wildman–Crippen MR) is 83.1 cm³/mol. The van der Waals surface area contributed by atoms with Gasteiger partial charge in [0, 0.05) is 0 Å². The zero-order valence-corrected chi connectivity index (χ0v) is 14.0. The van der Waals surface area contributed by atoms with E-state index in [1.54, 1.807) is 27.8 Å². The van der Waals surface area contributed by atoms with Gasteiger partial charge in [0.15, 0.2) is 0 Å². The molecule has 120 valence electrons. The molecule has 6 nitrogen and oxygen atoms in total. The molecule has 0 heterocycles. The lowest BCUT2D eigenvalue weighted by atomic mass is 10.4. The van der Waals surface area contributed by atoms with E-state index >= 15 is 0 Å². The van der Waals surface area contributed by atoms with Gasteiger partial charge in [-0.05, 0) is 48.5 Å². The lowest BCUT2D eigenvalue weighted by Gasteiger charge is -2.03. The minimum Gasteiger partial charge on any atom is -0.313 e. The lowest BCUT2D eigenvalue weighted by Crippen LogP contribution is -2.19. The third-order valence-corrected chi connectivity index (χ3v) is 1.59. The van der Waals surface area contributed by atoms with Crippen LogP contribution in [0.4, 0.5) is 0 Å². The number of likely N-dealkylation sites (N-methyl/N-ethyl adjacent to an activating group) is 3. The van der Waals surface area contributed by atoms with E-state index in [9.17, 15) is 14.4 Å². The van der Waals surface area contributed by atoms with E-state index in [0.29, 0.717) is 19.6 Å². The molecule has 0 aromatic carbocycles. The van der Waals surface area contributed by atoms with Crippen molar-refractivity contribution in [3.63, 3.8) is 0 Å². The molecule has 0 radical (unpaired) electrons. The van der Waals surface area contributed by atoms with Crippen LogP contribution >= 0.6 is 0 Å². The summed E-state index contributed by atoms with van der Waals surface area (Å²) < 4.78 is 0. The monoisotopic (exact) mass is 289 g/mol. The van der Waals surface area contributed by atoms with E-state index in [1.807, 2.05) is 25.9 Å². The summed E-state index contributed by atoms with van der Waals surface area (Å²) in [6.07, 6.45) is 0. The van der Waals surface area contributed by atoms with Crippen molar-refractivity contribution in [1.82, 2.24) is 15.5 Å².